The van der Waals surface area contributed by atoms with Crippen molar-refractivity contribution < 1.29 is 14.5 Å². The number of hydrogen-bond acceptors (Lipinski definition) is 3. The molecule has 4 heteroatoms. The number of benzene rings is 2. The van der Waals surface area contributed by atoms with Gasteiger partial charge in [-0.2, -0.15) is 0 Å². The van der Waals surface area contributed by atoms with Crippen molar-refractivity contribution in [2.75, 3.05) is 0 Å². The lowest BCUT2D eigenvalue weighted by Crippen LogP contribution is -2.44. The molecule has 132 valence electrons. The van der Waals surface area contributed by atoms with Crippen molar-refractivity contribution in [3.8, 4) is 0 Å². The first kappa shape index (κ1) is 19.4. The highest BCUT2D eigenvalue weighted by molar-refractivity contribution is 6.60. The molecule has 0 aromatic heterocycles. The predicted octanol–water partition coefficient (Wildman–Crippen LogP) is 3.64. The third-order valence-corrected chi connectivity index (χ3v) is 4.81. The zero-order valence-electron chi connectivity index (χ0n) is 15.5. The third-order valence-electron chi connectivity index (χ3n) is 4.81. The van der Waals surface area contributed by atoms with E-state index in [-0.39, 0.29) is 5.78 Å². The first-order valence-corrected chi connectivity index (χ1v) is 8.82. The molecule has 3 nitrogen and oxygen atoms in total. The molecule has 2 aromatic carbocycles. The topological polar surface area (TPSA) is 46.5 Å². The van der Waals surface area contributed by atoms with Crippen LogP contribution in [0.4, 0.5) is 0 Å². The van der Waals surface area contributed by atoms with Crippen LogP contribution in [0.15, 0.2) is 54.6 Å². The van der Waals surface area contributed by atoms with Gasteiger partial charge in [-0.15, -0.1) is 0 Å². The van der Waals surface area contributed by atoms with Crippen LogP contribution in [-0.2, 0) is 11.1 Å². The van der Waals surface area contributed by atoms with E-state index in [4.69, 9.17) is 4.65 Å². The highest BCUT2D eigenvalue weighted by atomic mass is 16.5. The Kier molecular flexibility index (Phi) is 6.57. The van der Waals surface area contributed by atoms with Crippen LogP contribution < -0.4 is 5.46 Å². The maximum atomic E-state index is 12.2. The summed E-state index contributed by atoms with van der Waals surface area (Å²) in [5.41, 5.74) is 2.15. The predicted molar refractivity (Wildman–Crippen MR) is 103 cm³/mol. The van der Waals surface area contributed by atoms with Gasteiger partial charge in [-0.3, -0.25) is 4.79 Å². The first-order chi connectivity index (χ1) is 11.8. The van der Waals surface area contributed by atoms with Gasteiger partial charge in [-0.1, -0.05) is 68.4 Å². The number of hydrogen-bond donors (Lipinski definition) is 1. The second-order valence-electron chi connectivity index (χ2n) is 7.26. The number of Topliss-reactive ketones (excluding diaryl/α,β-unsaturated/α-hetero) is 1. The average Bonchev–Trinajstić information content (AvgIpc) is 2.60. The fourth-order valence-corrected chi connectivity index (χ4v) is 2.37. The van der Waals surface area contributed by atoms with Gasteiger partial charge in [0.05, 0.1) is 5.60 Å². The van der Waals surface area contributed by atoms with Crippen LogP contribution in [0.3, 0.4) is 0 Å². The standard InChI is InChI=1S/C21H27BO3/c1-16(2)21(3,4)25-22(24)19-13-10-17(11-14-19)12-15-20(23)18-8-6-5-7-9-18/h5-11,13-14,16,24H,12,15H2,1-4H3. The summed E-state index contributed by atoms with van der Waals surface area (Å²) in [6, 6.07) is 17.0. The molecule has 0 saturated heterocycles. The minimum atomic E-state index is -0.947. The molecule has 1 N–H and O–H groups in total. The Hall–Kier alpha value is -1.91. The molecule has 2 rings (SSSR count). The smallest absolute Gasteiger partial charge is 0.423 e. The zero-order valence-corrected chi connectivity index (χ0v) is 15.5. The summed E-state index contributed by atoms with van der Waals surface area (Å²) in [6.07, 6.45) is 1.16. The van der Waals surface area contributed by atoms with Gasteiger partial charge < -0.3 is 9.68 Å². The molecular weight excluding hydrogens is 311 g/mol. The number of rotatable bonds is 8. The van der Waals surface area contributed by atoms with Crippen LogP contribution in [0.1, 0.15) is 50.0 Å². The molecule has 0 amide bonds. The second kappa shape index (κ2) is 8.46. The van der Waals surface area contributed by atoms with Crippen molar-refractivity contribution in [3.63, 3.8) is 0 Å². The molecule has 0 bridgehead atoms. The molecule has 0 radical (unpaired) electrons. The van der Waals surface area contributed by atoms with Crippen LogP contribution in [0, 0.1) is 5.92 Å². The summed E-state index contributed by atoms with van der Waals surface area (Å²) in [4.78, 5) is 12.2. The lowest BCUT2D eigenvalue weighted by atomic mass is 9.77. The normalized spacial score (nSPS) is 11.6. The van der Waals surface area contributed by atoms with Gasteiger partial charge in [-0.25, -0.2) is 0 Å². The zero-order chi connectivity index (χ0) is 18.4. The maximum Gasteiger partial charge on any atom is 0.491 e. The van der Waals surface area contributed by atoms with Gasteiger partial charge in [0.1, 0.15) is 0 Å². The summed E-state index contributed by atoms with van der Waals surface area (Å²) in [6.45, 7) is 8.09. The van der Waals surface area contributed by atoms with Gasteiger partial charge in [-0.05, 0) is 37.2 Å². The fourth-order valence-electron chi connectivity index (χ4n) is 2.37. The average molecular weight is 338 g/mol. The van der Waals surface area contributed by atoms with Crippen LogP contribution in [-0.4, -0.2) is 23.5 Å². The Morgan fingerprint density at radius 1 is 1.08 bits per heavy atom. The van der Waals surface area contributed by atoms with Gasteiger partial charge in [0, 0.05) is 12.0 Å². The second-order valence-corrected chi connectivity index (χ2v) is 7.26. The van der Waals surface area contributed by atoms with Gasteiger partial charge in [0.15, 0.2) is 5.78 Å². The van der Waals surface area contributed by atoms with E-state index in [1.54, 1.807) is 0 Å². The molecule has 2 aromatic rings. The Morgan fingerprint density at radius 3 is 2.24 bits per heavy atom. The molecule has 0 aliphatic rings. The molecule has 0 heterocycles. The van der Waals surface area contributed by atoms with E-state index in [9.17, 15) is 9.82 Å². The maximum absolute atomic E-state index is 12.2. The Labute approximate surface area is 151 Å². The van der Waals surface area contributed by atoms with E-state index in [1.165, 1.54) is 0 Å². The van der Waals surface area contributed by atoms with Crippen LogP contribution in [0.5, 0.6) is 0 Å². The van der Waals surface area contributed by atoms with Gasteiger partial charge in [0.2, 0.25) is 0 Å². The molecule has 25 heavy (non-hydrogen) atoms. The molecule has 0 saturated carbocycles. The van der Waals surface area contributed by atoms with Gasteiger partial charge in [0.25, 0.3) is 0 Å². The first-order valence-electron chi connectivity index (χ1n) is 8.82. The summed E-state index contributed by atoms with van der Waals surface area (Å²) in [5, 5.41) is 10.3. The van der Waals surface area contributed by atoms with Crippen molar-refractivity contribution >= 4 is 18.4 Å². The molecule has 0 unspecified atom stereocenters. The summed E-state index contributed by atoms with van der Waals surface area (Å²) in [7, 11) is -0.947. The summed E-state index contributed by atoms with van der Waals surface area (Å²) < 4.78 is 5.78. The van der Waals surface area contributed by atoms with E-state index in [1.807, 2.05) is 68.4 Å². The van der Waals surface area contributed by atoms with Crippen molar-refractivity contribution in [1.82, 2.24) is 0 Å². The largest absolute Gasteiger partial charge is 0.491 e. The highest BCUT2D eigenvalue weighted by Crippen LogP contribution is 2.20. The van der Waals surface area contributed by atoms with Crippen molar-refractivity contribution in [2.24, 2.45) is 5.92 Å². The Morgan fingerprint density at radius 2 is 1.68 bits per heavy atom. The lowest BCUT2D eigenvalue weighted by Gasteiger charge is -2.31. The Balaban J connectivity index is 1.92. The highest BCUT2D eigenvalue weighted by Gasteiger charge is 2.30. The Bertz CT molecular complexity index is 678. The van der Waals surface area contributed by atoms with Crippen molar-refractivity contribution in [3.05, 3.63) is 65.7 Å². The molecule has 0 aliphatic carbocycles. The van der Waals surface area contributed by atoms with Crippen LogP contribution in [0.25, 0.3) is 0 Å². The van der Waals surface area contributed by atoms with E-state index < -0.39 is 12.7 Å². The van der Waals surface area contributed by atoms with Crippen LogP contribution >= 0.6 is 0 Å². The summed E-state index contributed by atoms with van der Waals surface area (Å²) >= 11 is 0. The lowest BCUT2D eigenvalue weighted by molar-refractivity contribution is 0.0423. The third kappa shape index (κ3) is 5.55. The number of carbonyl (C=O) groups is 1. The molecule has 0 fully saturated rings. The fraction of sp³-hybridized carbons (Fsp3) is 0.381. The minimum Gasteiger partial charge on any atom is -0.423 e. The number of ketones is 1. The minimum absolute atomic E-state index is 0.145. The quantitative estimate of drug-likeness (QED) is 0.590. The number of carbonyl (C=O) groups excluding carboxylic acids is 1. The SMILES string of the molecule is CC(C)C(C)(C)OB(O)c1ccc(CCC(=O)c2ccccc2)cc1. The van der Waals surface area contributed by atoms with Crippen molar-refractivity contribution in [1.29, 1.82) is 0 Å². The van der Waals surface area contributed by atoms with E-state index >= 15 is 0 Å². The van der Waals surface area contributed by atoms with Crippen molar-refractivity contribution in [2.45, 2.75) is 46.1 Å². The van der Waals surface area contributed by atoms with E-state index in [0.29, 0.717) is 18.8 Å². The summed E-state index contributed by atoms with van der Waals surface area (Å²) in [5.74, 6) is 0.442. The monoisotopic (exact) mass is 338 g/mol. The van der Waals surface area contributed by atoms with Gasteiger partial charge >= 0.3 is 7.12 Å². The molecule has 0 spiro atoms. The molecule has 0 aliphatic heterocycles. The van der Waals surface area contributed by atoms with E-state index in [2.05, 4.69) is 13.8 Å². The number of aryl methyl sites for hydroxylation is 1. The van der Waals surface area contributed by atoms with Crippen LogP contribution in [0.2, 0.25) is 0 Å². The molecular formula is C21H27BO3. The van der Waals surface area contributed by atoms with E-state index in [0.717, 1.165) is 16.6 Å². The molecule has 0 atom stereocenters.